The van der Waals surface area contributed by atoms with Gasteiger partial charge in [-0.2, -0.15) is 5.10 Å². The van der Waals surface area contributed by atoms with Crippen molar-refractivity contribution in [1.82, 2.24) is 19.7 Å². The van der Waals surface area contributed by atoms with E-state index in [4.69, 9.17) is 14.4 Å². The van der Waals surface area contributed by atoms with Crippen LogP contribution in [0.1, 0.15) is 43.9 Å². The van der Waals surface area contributed by atoms with Crippen LogP contribution in [0.15, 0.2) is 62.3 Å². The molecular weight excluding hydrogens is 422 g/mol. The van der Waals surface area contributed by atoms with Gasteiger partial charge in [0.05, 0.1) is 29.1 Å². The molecule has 1 fully saturated rings. The zero-order valence-electron chi connectivity index (χ0n) is 18.1. The van der Waals surface area contributed by atoms with Crippen LogP contribution < -0.4 is 0 Å². The number of imidazole rings is 1. The van der Waals surface area contributed by atoms with E-state index in [-0.39, 0.29) is 23.0 Å². The summed E-state index contributed by atoms with van der Waals surface area (Å²) < 4.78 is 8.38. The van der Waals surface area contributed by atoms with Gasteiger partial charge in [0.25, 0.3) is 0 Å². The van der Waals surface area contributed by atoms with Crippen molar-refractivity contribution < 1.29 is 9.21 Å². The molecule has 1 saturated carbocycles. The maximum atomic E-state index is 13.2. The van der Waals surface area contributed by atoms with Crippen LogP contribution in [0, 0.1) is 11.3 Å². The third-order valence-electron chi connectivity index (χ3n) is 6.44. The van der Waals surface area contributed by atoms with Crippen LogP contribution in [0.2, 0.25) is 0 Å². The maximum Gasteiger partial charge on any atom is 0.176 e. The van der Waals surface area contributed by atoms with E-state index in [1.165, 1.54) is 11.8 Å². The van der Waals surface area contributed by atoms with E-state index < -0.39 is 0 Å². The number of hydrogen-bond donors (Lipinski definition) is 1. The number of aromatic amines is 1. The smallest absolute Gasteiger partial charge is 0.176 e. The molecule has 1 aliphatic heterocycles. The lowest BCUT2D eigenvalue weighted by atomic mass is 9.65. The minimum Gasteiger partial charge on any atom is -0.454 e. The molecule has 4 heterocycles. The Morgan fingerprint density at radius 3 is 2.84 bits per heavy atom. The molecule has 0 radical (unpaired) electrons. The number of hydrogen-bond acceptors (Lipinski definition) is 6. The molecule has 3 aromatic heterocycles. The first-order valence-corrected chi connectivity index (χ1v) is 11.5. The van der Waals surface area contributed by atoms with Crippen LogP contribution in [0.25, 0.3) is 11.0 Å². The highest BCUT2D eigenvalue weighted by atomic mass is 32.2. The number of fused-ring (bicyclic) bond motifs is 3. The van der Waals surface area contributed by atoms with Gasteiger partial charge in [0, 0.05) is 24.7 Å². The second kappa shape index (κ2) is 6.93. The molecule has 2 unspecified atom stereocenters. The lowest BCUT2D eigenvalue weighted by molar-refractivity contribution is -0.124. The summed E-state index contributed by atoms with van der Waals surface area (Å²) in [6.45, 7) is 4.25. The lowest BCUT2D eigenvalue weighted by Crippen LogP contribution is -2.42. The molecule has 2 atom stereocenters. The summed E-state index contributed by atoms with van der Waals surface area (Å²) in [7, 11) is 2.01. The Morgan fingerprint density at radius 1 is 1.16 bits per heavy atom. The Morgan fingerprint density at radius 2 is 2.00 bits per heavy atom. The quantitative estimate of drug-likeness (QED) is 0.464. The van der Waals surface area contributed by atoms with E-state index in [0.717, 1.165) is 50.6 Å². The Hall–Kier alpha value is -3.13. The number of aliphatic imine (C=N–C) groups is 1. The summed E-state index contributed by atoms with van der Waals surface area (Å²) in [6.07, 6.45) is 3.11. The Labute approximate surface area is 189 Å². The van der Waals surface area contributed by atoms with E-state index in [1.54, 1.807) is 6.20 Å². The number of rotatable bonds is 3. The minimum atomic E-state index is -0.298. The monoisotopic (exact) mass is 445 g/mol. The fourth-order valence-electron chi connectivity index (χ4n) is 5.03. The molecule has 0 amide bonds. The number of furan rings is 1. The number of Topliss-reactive ketones (excluding diaryl/α,β-unsaturated/α-hetero) is 1. The molecule has 0 bridgehead atoms. The molecule has 4 aromatic rings. The van der Waals surface area contributed by atoms with Crippen LogP contribution in [-0.2, 0) is 11.8 Å². The standard InChI is InChI=1S/C24H23N5O2S/c1-24(2)10-15-21(17(30)11-24)20(13-12-25-28-22(13)26-15)18-8-9-19(31-18)32-23-27-14-6-4-5-7-16(14)29(23)3/h4-9,12,20-21H,10-11H2,1-3H3,(H,25,28). The molecule has 1 aliphatic carbocycles. The number of nitrogens with zero attached hydrogens (tertiary/aromatic N) is 4. The van der Waals surface area contributed by atoms with E-state index in [1.807, 2.05) is 37.4 Å². The predicted molar refractivity (Wildman–Crippen MR) is 123 cm³/mol. The highest BCUT2D eigenvalue weighted by Gasteiger charge is 2.47. The van der Waals surface area contributed by atoms with E-state index in [9.17, 15) is 4.79 Å². The van der Waals surface area contributed by atoms with E-state index in [2.05, 4.69) is 34.7 Å². The molecule has 162 valence electrons. The van der Waals surface area contributed by atoms with Crippen LogP contribution in [0.4, 0.5) is 5.82 Å². The van der Waals surface area contributed by atoms with Crippen molar-refractivity contribution in [2.75, 3.05) is 0 Å². The van der Waals surface area contributed by atoms with E-state index >= 15 is 0 Å². The van der Waals surface area contributed by atoms with Crippen molar-refractivity contribution in [2.45, 2.75) is 42.9 Å². The number of carbonyl (C=O) groups excluding carboxylic acids is 1. The van der Waals surface area contributed by atoms with Gasteiger partial charge in [-0.15, -0.1) is 0 Å². The van der Waals surface area contributed by atoms with Crippen LogP contribution in [0.3, 0.4) is 0 Å². The summed E-state index contributed by atoms with van der Waals surface area (Å²) in [5, 5.41) is 8.80. The van der Waals surface area contributed by atoms with Crippen molar-refractivity contribution in [3.8, 4) is 0 Å². The van der Waals surface area contributed by atoms with Crippen molar-refractivity contribution in [1.29, 1.82) is 0 Å². The maximum absolute atomic E-state index is 13.2. The normalized spacial score (nSPS) is 22.0. The zero-order chi connectivity index (χ0) is 22.0. The van der Waals surface area contributed by atoms with Crippen molar-refractivity contribution in [2.24, 2.45) is 23.4 Å². The second-order valence-corrected chi connectivity index (χ2v) is 10.4. The number of benzene rings is 1. The van der Waals surface area contributed by atoms with Crippen LogP contribution in [0.5, 0.6) is 0 Å². The second-order valence-electron chi connectivity index (χ2n) is 9.42. The number of ketones is 1. The fraction of sp³-hybridized carbons (Fsp3) is 0.333. The van der Waals surface area contributed by atoms with Gasteiger partial charge in [0.1, 0.15) is 11.5 Å². The molecule has 2 aliphatic rings. The first kappa shape index (κ1) is 19.5. The molecule has 0 spiro atoms. The summed E-state index contributed by atoms with van der Waals surface area (Å²) in [5.74, 6) is 1.20. The van der Waals surface area contributed by atoms with Crippen molar-refractivity contribution in [3.05, 3.63) is 53.9 Å². The highest BCUT2D eigenvalue weighted by molar-refractivity contribution is 7.99. The highest BCUT2D eigenvalue weighted by Crippen LogP contribution is 2.49. The van der Waals surface area contributed by atoms with Gasteiger partial charge >= 0.3 is 0 Å². The Bertz CT molecular complexity index is 1390. The molecule has 32 heavy (non-hydrogen) atoms. The van der Waals surface area contributed by atoms with Gasteiger partial charge in [0.15, 0.2) is 16.1 Å². The SMILES string of the molecule is Cn1c(Sc2ccc(C3c4cn[nH]c4N=C4CC(C)(C)CC(=O)C43)o2)nc2ccccc21. The first-order valence-electron chi connectivity index (χ1n) is 10.7. The largest absolute Gasteiger partial charge is 0.454 e. The summed E-state index contributed by atoms with van der Waals surface area (Å²) in [6, 6.07) is 12.0. The Kier molecular flexibility index (Phi) is 4.24. The average molecular weight is 446 g/mol. The predicted octanol–water partition coefficient (Wildman–Crippen LogP) is 5.26. The molecule has 1 aromatic carbocycles. The number of aryl methyl sites for hydroxylation is 1. The number of aromatic nitrogens is 4. The van der Waals surface area contributed by atoms with Gasteiger partial charge in [-0.1, -0.05) is 26.0 Å². The first-order chi connectivity index (χ1) is 15.4. The summed E-state index contributed by atoms with van der Waals surface area (Å²) in [5.41, 5.74) is 3.79. The number of H-pyrrole nitrogens is 1. The van der Waals surface area contributed by atoms with Crippen LogP contribution >= 0.6 is 11.8 Å². The fourth-order valence-corrected chi connectivity index (χ4v) is 5.86. The van der Waals surface area contributed by atoms with Crippen LogP contribution in [-0.4, -0.2) is 31.2 Å². The lowest BCUT2D eigenvalue weighted by Gasteiger charge is -2.39. The zero-order valence-corrected chi connectivity index (χ0v) is 18.9. The van der Waals surface area contributed by atoms with Gasteiger partial charge in [0.2, 0.25) is 0 Å². The van der Waals surface area contributed by atoms with Gasteiger partial charge < -0.3 is 8.98 Å². The number of carbonyl (C=O) groups is 1. The molecule has 1 N–H and O–H groups in total. The van der Waals surface area contributed by atoms with Gasteiger partial charge in [-0.25, -0.2) is 9.98 Å². The third kappa shape index (κ3) is 3.04. The third-order valence-corrected chi connectivity index (χ3v) is 7.40. The number of para-hydroxylation sites is 2. The van der Waals surface area contributed by atoms with Crippen molar-refractivity contribution >= 4 is 40.1 Å². The van der Waals surface area contributed by atoms with Crippen molar-refractivity contribution in [3.63, 3.8) is 0 Å². The molecule has 8 heteroatoms. The van der Waals surface area contributed by atoms with Gasteiger partial charge in [-0.3, -0.25) is 9.89 Å². The minimum absolute atomic E-state index is 0.0844. The number of nitrogens with one attached hydrogen (secondary N) is 1. The molecule has 6 rings (SSSR count). The summed E-state index contributed by atoms with van der Waals surface area (Å²) in [4.78, 5) is 22.7. The molecular formula is C24H23N5O2S. The van der Waals surface area contributed by atoms with E-state index in [0.29, 0.717) is 6.42 Å². The molecule has 0 saturated heterocycles. The average Bonchev–Trinajstić information content (AvgIpc) is 3.46. The molecule has 7 nitrogen and oxygen atoms in total. The Balaban J connectivity index is 1.37. The topological polar surface area (TPSA) is 89.1 Å². The van der Waals surface area contributed by atoms with Gasteiger partial charge in [-0.05, 0) is 47.9 Å². The summed E-state index contributed by atoms with van der Waals surface area (Å²) >= 11 is 1.48.